The first kappa shape index (κ1) is 10.8. The Labute approximate surface area is 99.3 Å². The quantitative estimate of drug-likeness (QED) is 0.716. The molecular weight excluding hydrogens is 220 g/mol. The van der Waals surface area contributed by atoms with E-state index in [1.165, 1.54) is 0 Å². The molecule has 0 aromatic heterocycles. The minimum atomic E-state index is -0.944. The van der Waals surface area contributed by atoms with Crippen molar-refractivity contribution in [3.8, 4) is 0 Å². The fraction of sp³-hybridized carbons (Fsp3) is 0.692. The zero-order chi connectivity index (χ0) is 12.2. The summed E-state index contributed by atoms with van der Waals surface area (Å²) >= 11 is 0. The molecule has 92 valence electrons. The van der Waals surface area contributed by atoms with E-state index in [0.29, 0.717) is 0 Å². The first-order valence-corrected chi connectivity index (χ1v) is 6.22. The van der Waals surface area contributed by atoms with Gasteiger partial charge in [0.25, 0.3) is 0 Å². The van der Waals surface area contributed by atoms with E-state index in [9.17, 15) is 19.8 Å². The number of rotatable bonds is 2. The van der Waals surface area contributed by atoms with E-state index in [4.69, 9.17) is 0 Å². The molecule has 0 heterocycles. The minimum Gasteiger partial charge on any atom is -0.481 e. The summed E-state index contributed by atoms with van der Waals surface area (Å²) in [5.74, 6) is -3.45. The van der Waals surface area contributed by atoms with Crippen LogP contribution in [0.3, 0.4) is 0 Å². The van der Waals surface area contributed by atoms with E-state index in [1.807, 2.05) is 12.2 Å². The van der Waals surface area contributed by atoms with E-state index >= 15 is 0 Å². The minimum absolute atomic E-state index is 0.0495. The molecule has 2 saturated carbocycles. The molecule has 4 nitrogen and oxygen atoms in total. The molecule has 0 aromatic rings. The lowest BCUT2D eigenvalue weighted by molar-refractivity contribution is -0.154. The Bertz CT molecular complexity index is 374. The number of carboxylic acids is 2. The van der Waals surface area contributed by atoms with Crippen molar-refractivity contribution < 1.29 is 19.8 Å². The van der Waals surface area contributed by atoms with Gasteiger partial charge in [0.15, 0.2) is 0 Å². The Morgan fingerprint density at radius 2 is 1.35 bits per heavy atom. The number of carboxylic acid groups (broad SMARTS) is 2. The van der Waals surface area contributed by atoms with Gasteiger partial charge in [-0.15, -0.1) is 0 Å². The standard InChI is InChI=1S/C13H16O4/c14-11(15)9-7-3-4-8(10(9)12(16)17)13(7)5-1-2-6-13/h3-4,7-10H,1-2,5-6H2,(H,14,15)(H,16,17)/t7-,8-,9-,10+/m0/s1. The molecule has 2 fully saturated rings. The predicted octanol–water partition coefficient (Wildman–Crippen LogP) is 1.76. The van der Waals surface area contributed by atoms with E-state index in [1.54, 1.807) is 0 Å². The van der Waals surface area contributed by atoms with Crippen LogP contribution < -0.4 is 0 Å². The molecule has 17 heavy (non-hydrogen) atoms. The summed E-state index contributed by atoms with van der Waals surface area (Å²) in [6.07, 6.45) is 8.12. The normalized spacial score (nSPS) is 41.2. The fourth-order valence-corrected chi connectivity index (χ4v) is 4.56. The van der Waals surface area contributed by atoms with Crippen LogP contribution in [0.25, 0.3) is 0 Å². The molecule has 0 aliphatic heterocycles. The van der Waals surface area contributed by atoms with Crippen molar-refractivity contribution in [1.82, 2.24) is 0 Å². The van der Waals surface area contributed by atoms with Crippen LogP contribution in [0.2, 0.25) is 0 Å². The van der Waals surface area contributed by atoms with Gasteiger partial charge in [0.1, 0.15) is 0 Å². The van der Waals surface area contributed by atoms with E-state index in [0.717, 1.165) is 25.7 Å². The lowest BCUT2D eigenvalue weighted by Gasteiger charge is -2.30. The molecule has 0 saturated heterocycles. The zero-order valence-corrected chi connectivity index (χ0v) is 9.50. The SMILES string of the molecule is O=C(O)[C@@H]1[C@H](C(=O)O)[C@@H]2C=C[C@@H]1C21CCCC1. The summed E-state index contributed by atoms with van der Waals surface area (Å²) in [5, 5.41) is 18.6. The third-order valence-electron chi connectivity index (χ3n) is 5.12. The van der Waals surface area contributed by atoms with E-state index < -0.39 is 23.8 Å². The highest BCUT2D eigenvalue weighted by Gasteiger charge is 2.65. The number of carbonyl (C=O) groups is 2. The van der Waals surface area contributed by atoms with Crippen LogP contribution in [-0.4, -0.2) is 22.2 Å². The Kier molecular flexibility index (Phi) is 2.12. The highest BCUT2D eigenvalue weighted by atomic mass is 16.4. The van der Waals surface area contributed by atoms with Gasteiger partial charge >= 0.3 is 11.9 Å². The monoisotopic (exact) mass is 236 g/mol. The van der Waals surface area contributed by atoms with E-state index in [2.05, 4.69) is 0 Å². The van der Waals surface area contributed by atoms with Gasteiger partial charge in [0, 0.05) is 0 Å². The van der Waals surface area contributed by atoms with Crippen molar-refractivity contribution in [1.29, 1.82) is 0 Å². The average molecular weight is 236 g/mol. The molecular formula is C13H16O4. The Hall–Kier alpha value is -1.32. The molecule has 1 spiro atoms. The summed E-state index contributed by atoms with van der Waals surface area (Å²) in [6, 6.07) is 0. The predicted molar refractivity (Wildman–Crippen MR) is 59.3 cm³/mol. The Balaban J connectivity index is 2.05. The van der Waals surface area contributed by atoms with Gasteiger partial charge in [-0.25, -0.2) is 0 Å². The van der Waals surface area contributed by atoms with Crippen LogP contribution in [-0.2, 0) is 9.59 Å². The summed E-state index contributed by atoms with van der Waals surface area (Å²) in [4.78, 5) is 22.7. The van der Waals surface area contributed by atoms with Crippen LogP contribution in [0.1, 0.15) is 25.7 Å². The smallest absolute Gasteiger partial charge is 0.308 e. The van der Waals surface area contributed by atoms with Gasteiger partial charge < -0.3 is 10.2 Å². The second-order valence-corrected chi connectivity index (χ2v) is 5.60. The van der Waals surface area contributed by atoms with Gasteiger partial charge in [0.05, 0.1) is 11.8 Å². The van der Waals surface area contributed by atoms with Crippen LogP contribution >= 0.6 is 0 Å². The molecule has 0 radical (unpaired) electrons. The second kappa shape index (κ2) is 3.34. The van der Waals surface area contributed by atoms with Crippen molar-refractivity contribution in [2.45, 2.75) is 25.7 Å². The van der Waals surface area contributed by atoms with Crippen LogP contribution in [0.15, 0.2) is 12.2 Å². The highest BCUT2D eigenvalue weighted by Crippen LogP contribution is 2.66. The molecule has 2 N–H and O–H groups in total. The van der Waals surface area contributed by atoms with Crippen molar-refractivity contribution in [2.24, 2.45) is 29.1 Å². The summed E-state index contributed by atoms with van der Waals surface area (Å²) in [7, 11) is 0. The summed E-state index contributed by atoms with van der Waals surface area (Å²) < 4.78 is 0. The fourth-order valence-electron chi connectivity index (χ4n) is 4.56. The molecule has 0 amide bonds. The van der Waals surface area contributed by atoms with Crippen molar-refractivity contribution in [2.75, 3.05) is 0 Å². The average Bonchev–Trinajstić information content (AvgIpc) is 2.94. The Morgan fingerprint density at radius 3 is 1.71 bits per heavy atom. The third kappa shape index (κ3) is 1.18. The van der Waals surface area contributed by atoms with Gasteiger partial charge in [0.2, 0.25) is 0 Å². The van der Waals surface area contributed by atoms with Crippen molar-refractivity contribution in [3.05, 3.63) is 12.2 Å². The molecule has 3 aliphatic carbocycles. The first-order chi connectivity index (χ1) is 8.08. The molecule has 0 aromatic carbocycles. The van der Waals surface area contributed by atoms with Crippen LogP contribution in [0, 0.1) is 29.1 Å². The number of aliphatic carboxylic acids is 2. The maximum absolute atomic E-state index is 11.3. The van der Waals surface area contributed by atoms with E-state index in [-0.39, 0.29) is 17.3 Å². The molecule has 2 bridgehead atoms. The summed E-state index contributed by atoms with van der Waals surface area (Å²) in [6.45, 7) is 0. The molecule has 0 unspecified atom stereocenters. The molecule has 3 rings (SSSR count). The van der Waals surface area contributed by atoms with Gasteiger partial charge in [-0.1, -0.05) is 25.0 Å². The van der Waals surface area contributed by atoms with Crippen molar-refractivity contribution >= 4 is 11.9 Å². The molecule has 4 atom stereocenters. The lowest BCUT2D eigenvalue weighted by atomic mass is 9.74. The third-order valence-corrected chi connectivity index (χ3v) is 5.12. The molecule has 3 aliphatic rings. The highest BCUT2D eigenvalue weighted by molar-refractivity contribution is 5.83. The van der Waals surface area contributed by atoms with Gasteiger partial charge in [-0.05, 0) is 30.1 Å². The summed E-state index contributed by atoms with van der Waals surface area (Å²) in [5.41, 5.74) is -0.0495. The Morgan fingerprint density at radius 1 is 0.941 bits per heavy atom. The van der Waals surface area contributed by atoms with Gasteiger partial charge in [-0.3, -0.25) is 9.59 Å². The largest absolute Gasteiger partial charge is 0.481 e. The second-order valence-electron chi connectivity index (χ2n) is 5.60. The topological polar surface area (TPSA) is 74.6 Å². The number of hydrogen-bond donors (Lipinski definition) is 2. The number of hydrogen-bond acceptors (Lipinski definition) is 2. The number of allylic oxidation sites excluding steroid dienone is 2. The maximum atomic E-state index is 11.3. The zero-order valence-electron chi connectivity index (χ0n) is 9.50. The molecule has 4 heteroatoms. The maximum Gasteiger partial charge on any atom is 0.308 e. The first-order valence-electron chi connectivity index (χ1n) is 6.22. The van der Waals surface area contributed by atoms with Gasteiger partial charge in [-0.2, -0.15) is 0 Å². The lowest BCUT2D eigenvalue weighted by Crippen LogP contribution is -2.32. The van der Waals surface area contributed by atoms with Crippen LogP contribution in [0.4, 0.5) is 0 Å². The van der Waals surface area contributed by atoms with Crippen LogP contribution in [0.5, 0.6) is 0 Å². The van der Waals surface area contributed by atoms with Crippen molar-refractivity contribution in [3.63, 3.8) is 0 Å².